The number of hydrogen-bond donors (Lipinski definition) is 1. The van der Waals surface area contributed by atoms with Gasteiger partial charge in [0.25, 0.3) is 0 Å². The highest BCUT2D eigenvalue weighted by Crippen LogP contribution is 2.21. The first-order valence-corrected chi connectivity index (χ1v) is 7.48. The van der Waals surface area contributed by atoms with Crippen molar-refractivity contribution in [3.8, 4) is 0 Å². The van der Waals surface area contributed by atoms with E-state index in [0.717, 1.165) is 22.3 Å². The molecule has 6 heteroatoms. The molecule has 2 rings (SSSR count). The lowest BCUT2D eigenvalue weighted by molar-refractivity contribution is 0.195. The van der Waals surface area contributed by atoms with Gasteiger partial charge in [-0.05, 0) is 31.2 Å². The first-order chi connectivity index (χ1) is 9.19. The highest BCUT2D eigenvalue weighted by atomic mass is 35.5. The number of thioether (sulfide) groups is 1. The average Bonchev–Trinajstić information content (AvgIpc) is 2.85. The molecular weight excluding hydrogens is 282 g/mol. The molecule has 4 nitrogen and oxygen atoms in total. The Labute approximate surface area is 121 Å². The van der Waals surface area contributed by atoms with E-state index in [1.807, 2.05) is 31.2 Å². The number of hydrogen-bond acceptors (Lipinski definition) is 4. The topological polar surface area (TPSA) is 50.9 Å². The number of aliphatic hydroxyl groups is 1. The molecule has 0 fully saturated rings. The van der Waals surface area contributed by atoms with Gasteiger partial charge in [0.2, 0.25) is 0 Å². The Morgan fingerprint density at radius 3 is 2.79 bits per heavy atom. The minimum atomic E-state index is -0.435. The molecule has 0 aliphatic rings. The van der Waals surface area contributed by atoms with Gasteiger partial charge in [0.1, 0.15) is 12.2 Å². The SMILES string of the molecule is CCn1ncnc1CC(O)CSc1ccc(Cl)cc1. The molecule has 102 valence electrons. The van der Waals surface area contributed by atoms with Crippen LogP contribution in [0.25, 0.3) is 0 Å². The fourth-order valence-corrected chi connectivity index (χ4v) is 2.66. The van der Waals surface area contributed by atoms with Gasteiger partial charge in [-0.3, -0.25) is 4.68 Å². The maximum atomic E-state index is 10.0. The summed E-state index contributed by atoms with van der Waals surface area (Å²) in [4.78, 5) is 5.26. The summed E-state index contributed by atoms with van der Waals surface area (Å²) in [5, 5.41) is 14.8. The van der Waals surface area contributed by atoms with Crippen LogP contribution in [0.5, 0.6) is 0 Å². The van der Waals surface area contributed by atoms with Gasteiger partial charge in [0.15, 0.2) is 0 Å². The van der Waals surface area contributed by atoms with Crippen molar-refractivity contribution in [2.24, 2.45) is 0 Å². The van der Waals surface area contributed by atoms with E-state index in [9.17, 15) is 5.11 Å². The van der Waals surface area contributed by atoms with Gasteiger partial charge >= 0.3 is 0 Å². The third kappa shape index (κ3) is 4.23. The third-order valence-corrected chi connectivity index (χ3v) is 4.08. The molecule has 0 aliphatic heterocycles. The zero-order chi connectivity index (χ0) is 13.7. The Hall–Kier alpha value is -1.04. The van der Waals surface area contributed by atoms with Gasteiger partial charge in [-0.1, -0.05) is 11.6 Å². The molecule has 2 aromatic rings. The first-order valence-electron chi connectivity index (χ1n) is 6.12. The molecule has 0 radical (unpaired) electrons. The summed E-state index contributed by atoms with van der Waals surface area (Å²) in [5.41, 5.74) is 0. The zero-order valence-electron chi connectivity index (χ0n) is 10.7. The predicted octanol–water partition coefficient (Wildman–Crippen LogP) is 2.65. The fraction of sp³-hybridized carbons (Fsp3) is 0.385. The number of aliphatic hydroxyl groups excluding tert-OH is 1. The highest BCUT2D eigenvalue weighted by molar-refractivity contribution is 7.99. The van der Waals surface area contributed by atoms with Crippen LogP contribution >= 0.6 is 23.4 Å². The van der Waals surface area contributed by atoms with Crippen molar-refractivity contribution in [3.63, 3.8) is 0 Å². The van der Waals surface area contributed by atoms with Crippen molar-refractivity contribution in [3.05, 3.63) is 41.4 Å². The van der Waals surface area contributed by atoms with Crippen molar-refractivity contribution in [1.29, 1.82) is 0 Å². The zero-order valence-corrected chi connectivity index (χ0v) is 12.2. The standard InChI is InChI=1S/C13H16ClN3OS/c1-2-17-13(15-9-16-17)7-11(18)8-19-12-5-3-10(14)4-6-12/h3-6,9,11,18H,2,7-8H2,1H3. The van der Waals surface area contributed by atoms with Crippen LogP contribution in [0.3, 0.4) is 0 Å². The average molecular weight is 298 g/mol. The van der Waals surface area contributed by atoms with E-state index in [2.05, 4.69) is 10.1 Å². The minimum Gasteiger partial charge on any atom is -0.392 e. The lowest BCUT2D eigenvalue weighted by atomic mass is 10.3. The highest BCUT2D eigenvalue weighted by Gasteiger charge is 2.11. The summed E-state index contributed by atoms with van der Waals surface area (Å²) >= 11 is 7.43. The summed E-state index contributed by atoms with van der Waals surface area (Å²) in [5.74, 6) is 1.45. The van der Waals surface area contributed by atoms with Gasteiger partial charge in [-0.15, -0.1) is 11.8 Å². The Balaban J connectivity index is 1.84. The van der Waals surface area contributed by atoms with E-state index in [0.29, 0.717) is 12.2 Å². The van der Waals surface area contributed by atoms with Crippen molar-refractivity contribution in [2.75, 3.05) is 5.75 Å². The number of halogens is 1. The molecular formula is C13H16ClN3OS. The number of benzene rings is 1. The Morgan fingerprint density at radius 1 is 1.37 bits per heavy atom. The number of rotatable bonds is 6. The Bertz CT molecular complexity index is 515. The van der Waals surface area contributed by atoms with E-state index in [4.69, 9.17) is 11.6 Å². The molecule has 0 bridgehead atoms. The van der Waals surface area contributed by atoms with Crippen LogP contribution in [0, 0.1) is 0 Å². The number of aromatic nitrogens is 3. The van der Waals surface area contributed by atoms with Crippen LogP contribution in [-0.4, -0.2) is 31.7 Å². The van der Waals surface area contributed by atoms with Gasteiger partial charge in [0, 0.05) is 28.6 Å². The normalized spacial score (nSPS) is 12.6. The first kappa shape index (κ1) is 14.4. The predicted molar refractivity (Wildman–Crippen MR) is 77.6 cm³/mol. The van der Waals surface area contributed by atoms with Crippen molar-refractivity contribution in [2.45, 2.75) is 30.9 Å². The molecule has 1 heterocycles. The summed E-state index contributed by atoms with van der Waals surface area (Å²) in [7, 11) is 0. The summed E-state index contributed by atoms with van der Waals surface area (Å²) in [6.45, 7) is 2.78. The summed E-state index contributed by atoms with van der Waals surface area (Å²) < 4.78 is 1.80. The molecule has 1 aromatic carbocycles. The molecule has 1 atom stereocenters. The molecule has 0 saturated carbocycles. The lowest BCUT2D eigenvalue weighted by Gasteiger charge is -2.10. The number of aryl methyl sites for hydroxylation is 1. The second kappa shape index (κ2) is 6.93. The second-order valence-electron chi connectivity index (χ2n) is 4.11. The minimum absolute atomic E-state index is 0.435. The van der Waals surface area contributed by atoms with Crippen LogP contribution in [0.4, 0.5) is 0 Å². The molecule has 0 amide bonds. The van der Waals surface area contributed by atoms with Crippen LogP contribution in [0.1, 0.15) is 12.7 Å². The maximum Gasteiger partial charge on any atom is 0.138 e. The maximum absolute atomic E-state index is 10.0. The third-order valence-electron chi connectivity index (χ3n) is 2.67. The molecule has 1 unspecified atom stereocenters. The monoisotopic (exact) mass is 297 g/mol. The molecule has 0 aliphatic carbocycles. The van der Waals surface area contributed by atoms with Gasteiger partial charge in [0.05, 0.1) is 6.10 Å². The Kier molecular flexibility index (Phi) is 5.24. The Morgan fingerprint density at radius 2 is 2.11 bits per heavy atom. The quantitative estimate of drug-likeness (QED) is 0.833. The van der Waals surface area contributed by atoms with E-state index in [-0.39, 0.29) is 0 Å². The summed E-state index contributed by atoms with van der Waals surface area (Å²) in [6, 6.07) is 7.61. The van der Waals surface area contributed by atoms with Gasteiger partial charge in [-0.2, -0.15) is 5.10 Å². The van der Waals surface area contributed by atoms with Crippen LogP contribution in [0.15, 0.2) is 35.5 Å². The molecule has 19 heavy (non-hydrogen) atoms. The summed E-state index contributed by atoms with van der Waals surface area (Å²) in [6.07, 6.45) is 1.61. The van der Waals surface area contributed by atoms with Crippen LogP contribution in [0.2, 0.25) is 5.02 Å². The molecule has 1 N–H and O–H groups in total. The molecule has 1 aromatic heterocycles. The van der Waals surface area contributed by atoms with Crippen LogP contribution in [-0.2, 0) is 13.0 Å². The van der Waals surface area contributed by atoms with Crippen LogP contribution < -0.4 is 0 Å². The van der Waals surface area contributed by atoms with E-state index in [1.54, 1.807) is 16.4 Å². The second-order valence-corrected chi connectivity index (χ2v) is 5.64. The van der Waals surface area contributed by atoms with E-state index in [1.165, 1.54) is 6.33 Å². The van der Waals surface area contributed by atoms with Crippen molar-refractivity contribution < 1.29 is 5.11 Å². The van der Waals surface area contributed by atoms with E-state index < -0.39 is 6.10 Å². The largest absolute Gasteiger partial charge is 0.392 e. The van der Waals surface area contributed by atoms with Crippen molar-refractivity contribution >= 4 is 23.4 Å². The van der Waals surface area contributed by atoms with Crippen molar-refractivity contribution in [1.82, 2.24) is 14.8 Å². The molecule has 0 spiro atoms. The fourth-order valence-electron chi connectivity index (χ4n) is 1.70. The number of nitrogens with zero attached hydrogens (tertiary/aromatic N) is 3. The van der Waals surface area contributed by atoms with Gasteiger partial charge in [-0.25, -0.2) is 4.98 Å². The smallest absolute Gasteiger partial charge is 0.138 e. The lowest BCUT2D eigenvalue weighted by Crippen LogP contribution is -2.17. The van der Waals surface area contributed by atoms with Gasteiger partial charge < -0.3 is 5.11 Å². The molecule has 0 saturated heterocycles. The van der Waals surface area contributed by atoms with E-state index >= 15 is 0 Å².